The second-order valence-electron chi connectivity index (χ2n) is 5.65. The van der Waals surface area contributed by atoms with Crippen LogP contribution in [0.2, 0.25) is 0 Å². The molecule has 1 amide bonds. The van der Waals surface area contributed by atoms with E-state index in [4.69, 9.17) is 14.0 Å². The van der Waals surface area contributed by atoms with Crippen LogP contribution < -0.4 is 4.74 Å². The van der Waals surface area contributed by atoms with E-state index in [1.807, 2.05) is 24.3 Å². The summed E-state index contributed by atoms with van der Waals surface area (Å²) in [5.74, 6) is 0.852. The zero-order chi connectivity index (χ0) is 17.6. The van der Waals surface area contributed by atoms with Gasteiger partial charge in [0.15, 0.2) is 11.9 Å². The Hall–Kier alpha value is -3.02. The van der Waals surface area contributed by atoms with Crippen molar-refractivity contribution < 1.29 is 18.8 Å². The molecule has 6 heteroatoms. The quantitative estimate of drug-likeness (QED) is 0.727. The Morgan fingerprint density at radius 2 is 2.24 bits per heavy atom. The Balaban J connectivity index is 1.67. The highest BCUT2D eigenvalue weighted by molar-refractivity contribution is 6.03. The molecule has 0 saturated heterocycles. The number of benzene rings is 1. The number of rotatable bonds is 7. The number of furan rings is 1. The summed E-state index contributed by atoms with van der Waals surface area (Å²) in [6.07, 6.45) is 3.53. The summed E-state index contributed by atoms with van der Waals surface area (Å²) in [6, 6.07) is 11.0. The number of hydrogen-bond donors (Lipinski definition) is 0. The van der Waals surface area contributed by atoms with Crippen molar-refractivity contribution in [1.82, 2.24) is 4.90 Å². The maximum atomic E-state index is 12.5. The Kier molecular flexibility index (Phi) is 5.18. The second kappa shape index (κ2) is 7.70. The first kappa shape index (κ1) is 16.8. The standard InChI is InChI=1S/C19H20N2O4/c1-3-10-21(19(22)18-9-6-11-24-18)13-14-12-16(20-25-14)15-7-4-5-8-17(15)23-2/h3-9,11,14H,1,10,12-13H2,2H3. The summed E-state index contributed by atoms with van der Waals surface area (Å²) >= 11 is 0. The number of carbonyl (C=O) groups excluding carboxylic acids is 1. The van der Waals surface area contributed by atoms with Crippen molar-refractivity contribution >= 4 is 11.6 Å². The van der Waals surface area contributed by atoms with Crippen LogP contribution in [0.25, 0.3) is 0 Å². The molecule has 1 unspecified atom stereocenters. The normalized spacial score (nSPS) is 16.0. The van der Waals surface area contributed by atoms with E-state index in [0.29, 0.717) is 25.3 Å². The van der Waals surface area contributed by atoms with Crippen LogP contribution in [0.4, 0.5) is 0 Å². The Bertz CT molecular complexity index is 767. The average molecular weight is 340 g/mol. The number of amides is 1. The number of hydrogen-bond acceptors (Lipinski definition) is 5. The van der Waals surface area contributed by atoms with E-state index in [1.54, 1.807) is 30.2 Å². The maximum Gasteiger partial charge on any atom is 0.289 e. The minimum Gasteiger partial charge on any atom is -0.496 e. The Morgan fingerprint density at radius 1 is 1.40 bits per heavy atom. The SMILES string of the molecule is C=CCN(CC1CC(c2ccccc2OC)=NO1)C(=O)c1ccco1. The van der Waals surface area contributed by atoms with Crippen LogP contribution in [0.5, 0.6) is 5.75 Å². The van der Waals surface area contributed by atoms with Gasteiger partial charge >= 0.3 is 0 Å². The van der Waals surface area contributed by atoms with Gasteiger partial charge in [-0.15, -0.1) is 6.58 Å². The Morgan fingerprint density at radius 3 is 2.96 bits per heavy atom. The number of nitrogens with zero attached hydrogens (tertiary/aromatic N) is 2. The highest BCUT2D eigenvalue weighted by atomic mass is 16.6. The molecule has 1 aliphatic heterocycles. The van der Waals surface area contributed by atoms with Crippen molar-refractivity contribution in [3.63, 3.8) is 0 Å². The molecule has 3 rings (SSSR count). The molecule has 0 saturated carbocycles. The molecule has 2 aromatic rings. The van der Waals surface area contributed by atoms with Crippen LogP contribution in [0.1, 0.15) is 22.5 Å². The molecule has 6 nitrogen and oxygen atoms in total. The third kappa shape index (κ3) is 3.74. The zero-order valence-electron chi connectivity index (χ0n) is 14.1. The lowest BCUT2D eigenvalue weighted by atomic mass is 10.0. The summed E-state index contributed by atoms with van der Waals surface area (Å²) in [4.78, 5) is 19.7. The van der Waals surface area contributed by atoms with Crippen LogP contribution in [0.15, 0.2) is 64.9 Å². The second-order valence-corrected chi connectivity index (χ2v) is 5.65. The number of para-hydroxylation sites is 1. The van der Waals surface area contributed by atoms with Gasteiger partial charge in [0.05, 0.1) is 25.6 Å². The molecule has 25 heavy (non-hydrogen) atoms. The molecule has 1 aromatic carbocycles. The van der Waals surface area contributed by atoms with Gasteiger partial charge in [-0.25, -0.2) is 0 Å². The molecule has 1 aliphatic rings. The highest BCUT2D eigenvalue weighted by Gasteiger charge is 2.28. The van der Waals surface area contributed by atoms with E-state index >= 15 is 0 Å². The van der Waals surface area contributed by atoms with Gasteiger partial charge in [-0.3, -0.25) is 4.79 Å². The van der Waals surface area contributed by atoms with Crippen molar-refractivity contribution in [2.75, 3.05) is 20.2 Å². The monoisotopic (exact) mass is 340 g/mol. The lowest BCUT2D eigenvalue weighted by Crippen LogP contribution is -2.37. The lowest BCUT2D eigenvalue weighted by Gasteiger charge is -2.22. The fourth-order valence-electron chi connectivity index (χ4n) is 2.77. The van der Waals surface area contributed by atoms with Crippen molar-refractivity contribution in [2.45, 2.75) is 12.5 Å². The highest BCUT2D eigenvalue weighted by Crippen LogP contribution is 2.25. The van der Waals surface area contributed by atoms with E-state index in [2.05, 4.69) is 11.7 Å². The summed E-state index contributed by atoms with van der Waals surface area (Å²) in [6.45, 7) is 4.52. The predicted octanol–water partition coefficient (Wildman–Crippen LogP) is 3.11. The fourth-order valence-corrected chi connectivity index (χ4v) is 2.77. The maximum absolute atomic E-state index is 12.5. The van der Waals surface area contributed by atoms with Crippen LogP contribution in [-0.2, 0) is 4.84 Å². The van der Waals surface area contributed by atoms with E-state index in [-0.39, 0.29) is 12.0 Å². The lowest BCUT2D eigenvalue weighted by molar-refractivity contribution is 0.0432. The van der Waals surface area contributed by atoms with Crippen LogP contribution >= 0.6 is 0 Å². The molecule has 0 radical (unpaired) electrons. The topological polar surface area (TPSA) is 64.3 Å². The third-order valence-electron chi connectivity index (χ3n) is 3.94. The molecule has 1 aromatic heterocycles. The third-order valence-corrected chi connectivity index (χ3v) is 3.94. The smallest absolute Gasteiger partial charge is 0.289 e. The van der Waals surface area contributed by atoms with Crippen LogP contribution in [0.3, 0.4) is 0 Å². The van der Waals surface area contributed by atoms with E-state index in [1.165, 1.54) is 6.26 Å². The number of oxime groups is 1. The molecule has 1 atom stereocenters. The van der Waals surface area contributed by atoms with Gasteiger partial charge in [0.1, 0.15) is 5.75 Å². The first-order valence-electron chi connectivity index (χ1n) is 8.02. The molecule has 130 valence electrons. The van der Waals surface area contributed by atoms with Gasteiger partial charge in [-0.1, -0.05) is 23.4 Å². The molecular formula is C19H20N2O4. The summed E-state index contributed by atoms with van der Waals surface area (Å²) in [5, 5.41) is 4.18. The minimum atomic E-state index is -0.223. The number of ether oxygens (including phenoxy) is 1. The average Bonchev–Trinajstić information content (AvgIpc) is 3.33. The first-order chi connectivity index (χ1) is 12.2. The van der Waals surface area contributed by atoms with E-state index in [9.17, 15) is 4.79 Å². The largest absolute Gasteiger partial charge is 0.496 e. The van der Waals surface area contributed by atoms with Gasteiger partial charge in [-0.2, -0.15) is 0 Å². The van der Waals surface area contributed by atoms with Gasteiger partial charge < -0.3 is 18.9 Å². The zero-order valence-corrected chi connectivity index (χ0v) is 14.1. The van der Waals surface area contributed by atoms with Crippen molar-refractivity contribution in [1.29, 1.82) is 0 Å². The van der Waals surface area contributed by atoms with Crippen molar-refractivity contribution in [3.05, 3.63) is 66.6 Å². The molecular weight excluding hydrogens is 320 g/mol. The van der Waals surface area contributed by atoms with E-state index < -0.39 is 0 Å². The molecule has 0 spiro atoms. The predicted molar refractivity (Wildman–Crippen MR) is 93.8 cm³/mol. The summed E-state index contributed by atoms with van der Waals surface area (Å²) in [7, 11) is 1.63. The number of methoxy groups -OCH3 is 1. The molecule has 0 aliphatic carbocycles. The van der Waals surface area contributed by atoms with Crippen LogP contribution in [0, 0.1) is 0 Å². The summed E-state index contributed by atoms with van der Waals surface area (Å²) < 4.78 is 10.6. The summed E-state index contributed by atoms with van der Waals surface area (Å²) in [5.41, 5.74) is 1.71. The fraction of sp³-hybridized carbons (Fsp3) is 0.263. The van der Waals surface area contributed by atoms with Gasteiger partial charge in [0.25, 0.3) is 5.91 Å². The van der Waals surface area contributed by atoms with Crippen LogP contribution in [-0.4, -0.2) is 42.8 Å². The van der Waals surface area contributed by atoms with E-state index in [0.717, 1.165) is 17.0 Å². The Labute approximate surface area is 146 Å². The van der Waals surface area contributed by atoms with Gasteiger partial charge in [0, 0.05) is 18.5 Å². The van der Waals surface area contributed by atoms with Gasteiger partial charge in [0.2, 0.25) is 0 Å². The van der Waals surface area contributed by atoms with Crippen molar-refractivity contribution in [2.24, 2.45) is 5.16 Å². The molecule has 0 N–H and O–H groups in total. The van der Waals surface area contributed by atoms with Gasteiger partial charge in [-0.05, 0) is 24.3 Å². The first-order valence-corrected chi connectivity index (χ1v) is 8.02. The molecule has 2 heterocycles. The molecule has 0 fully saturated rings. The van der Waals surface area contributed by atoms with Crippen molar-refractivity contribution in [3.8, 4) is 5.75 Å². The minimum absolute atomic E-state index is 0.195. The molecule has 0 bridgehead atoms. The number of carbonyl (C=O) groups is 1.